The Labute approximate surface area is 789 Å². The number of aryl methyl sites for hydroxylation is 2. The van der Waals surface area contributed by atoms with Crippen LogP contribution in [0.2, 0.25) is 15.9 Å². The second-order valence-corrected chi connectivity index (χ2v) is 31.0. The first-order chi connectivity index (χ1) is 47.7. The van der Waals surface area contributed by atoms with Crippen molar-refractivity contribution in [1.29, 1.82) is 0 Å². The monoisotopic (exact) mass is 1770 g/mol. The summed E-state index contributed by atoms with van der Waals surface area (Å²) in [5, 5.41) is 28.3. The van der Waals surface area contributed by atoms with Crippen molar-refractivity contribution >= 4 is 185 Å². The fourth-order valence-electron chi connectivity index (χ4n) is 8.94. The van der Waals surface area contributed by atoms with Crippen molar-refractivity contribution < 1.29 is 303 Å². The summed E-state index contributed by atoms with van der Waals surface area (Å²) in [5.41, 5.74) is -3.13. The zero-order valence-corrected chi connectivity index (χ0v) is 79.2. The molecular weight excluding hydrogens is 1740 g/mol. The molecule has 10 rings (SSSR count). The first kappa shape index (κ1) is 101. The number of nitrogens with zero attached hydrogens (tertiary/aromatic N) is 13. The van der Waals surface area contributed by atoms with Crippen molar-refractivity contribution in [3.8, 4) is 5.75 Å². The minimum atomic E-state index is -5.92. The van der Waals surface area contributed by atoms with Crippen molar-refractivity contribution in [3.63, 3.8) is 0 Å². The van der Waals surface area contributed by atoms with E-state index in [1.165, 1.54) is 32.0 Å². The molecule has 538 valence electrons. The SMILES string of the molecule is Cc1ccc(N=c2[nH]c(Cl)nc(=Nc3ccc(S(=O)(=O)[O-])c(N=c4[nH]c(Cl)nc(=Nc5ccc(S(=O)(=O)[O-])c(N=Nc6c(S(=O)(=O)[O-])cc7cc(S(=O)(=O)O)c(N=Nc8cc(N=c9nc(Cl)nc(Nc%10ccc(S(=O)(=O)[O-])cc%10C)[nH]9)ccc8S(=O)(=O)[O-])c([O-])c7c6N)c5)[nH]4)c3)[nH]2)c(S(=O)(=O)[O-])c1.[Na+].[Na+].[Na+].[Na+].[Na+].[Na+].[Na+]. The van der Waals surface area contributed by atoms with Gasteiger partial charge in [0, 0.05) is 11.1 Å². The molecule has 59 heteroatoms. The third-order valence-electron chi connectivity index (χ3n) is 13.2. The number of aromatic nitrogens is 9. The fraction of sp³-hybridized carbons (Fsp3) is 0.0392. The Morgan fingerprint density at radius 3 is 1.30 bits per heavy atom. The van der Waals surface area contributed by atoms with Gasteiger partial charge >= 0.3 is 207 Å². The minimum absolute atomic E-state index is 0. The number of nitrogens with two attached hydrogens (primary N) is 1. The molecule has 0 aliphatic carbocycles. The van der Waals surface area contributed by atoms with Crippen LogP contribution in [0.4, 0.5) is 68.5 Å². The predicted octanol–water partition coefficient (Wildman–Crippen LogP) is -17.3. The Morgan fingerprint density at radius 1 is 0.427 bits per heavy atom. The van der Waals surface area contributed by atoms with Gasteiger partial charge in [0.25, 0.3) is 10.1 Å². The van der Waals surface area contributed by atoms with E-state index >= 15 is 0 Å². The van der Waals surface area contributed by atoms with Crippen LogP contribution in [0.15, 0.2) is 183 Å². The second-order valence-electron chi connectivity index (χ2n) is 20.4. The van der Waals surface area contributed by atoms with E-state index in [0.29, 0.717) is 35.9 Å². The topological polar surface area (TPSA) is 700 Å². The van der Waals surface area contributed by atoms with E-state index in [1.54, 1.807) is 0 Å². The zero-order valence-electron chi connectivity index (χ0n) is 57.2. The van der Waals surface area contributed by atoms with Gasteiger partial charge in [-0.05, 0) is 162 Å². The summed E-state index contributed by atoms with van der Waals surface area (Å²) in [7, 11) is -38.1. The maximum absolute atomic E-state index is 14.5. The summed E-state index contributed by atoms with van der Waals surface area (Å²) in [6, 6.07) is 14.8. The van der Waals surface area contributed by atoms with Crippen molar-refractivity contribution in [2.45, 2.75) is 48.1 Å². The van der Waals surface area contributed by atoms with E-state index in [9.17, 15) is 95.9 Å². The van der Waals surface area contributed by atoms with Crippen LogP contribution in [-0.2, 0) is 70.8 Å². The van der Waals surface area contributed by atoms with Crippen molar-refractivity contribution in [3.05, 3.63) is 158 Å². The third-order valence-corrected chi connectivity index (χ3v) is 19.8. The Balaban J connectivity index is 0.00000448. The summed E-state index contributed by atoms with van der Waals surface area (Å²) in [6.45, 7) is 2.96. The molecule has 0 saturated carbocycles. The quantitative estimate of drug-likeness (QED) is 0.0171. The predicted molar refractivity (Wildman–Crippen MR) is 342 cm³/mol. The van der Waals surface area contributed by atoms with Crippen LogP contribution < -0.4 is 251 Å². The Morgan fingerprint density at radius 2 is 0.855 bits per heavy atom. The number of hydrogen-bond acceptors (Lipinski definition) is 36. The Hall–Kier alpha value is -3.33. The van der Waals surface area contributed by atoms with E-state index in [4.69, 9.17) is 40.5 Å². The summed E-state index contributed by atoms with van der Waals surface area (Å²) < 4.78 is 259. The standard InChI is InChI=1S/C51H39Cl3N20O22S7.7Na/c1-20-3-8-28(35(13-20)101(88,89)90)60-50-66-44(53)63-46(69-50)56-23-4-10-32(98(79,80)81)29(17-23)61-51-67-45(54)64-48(70-51)58-24-5-11-33(99(82,83)84)30(18-24)71-73-40-36(102(91,92)93)15-22-16-37(103(94,95)96)41(42(75)38(22)39(40)55)74-72-31-19-25(6-12-34(31)100(85,86)87)57-47-62-43(52)65-49(68-47)59-27-9-7-26(14-21(27)2)97(76,77)78;;;;;;;/h3-19,75H,55H2,1-2H3,(H,76,77,78)(H,79,80,81)(H,82,83,84)(H,85,86,87)(H,88,89,90)(H,91,92,93)(H,94,95,96)(H2,56,60,63,66,69)(H2,57,59,62,65,68)(H2,58,61,64,67,70);;;;;;;/q;7*+1/p-7. The van der Waals surface area contributed by atoms with Crippen LogP contribution in [0.1, 0.15) is 11.1 Å². The number of benzene rings is 7. The molecule has 3 aromatic heterocycles. The molecule has 0 aliphatic rings. The van der Waals surface area contributed by atoms with Crippen LogP contribution in [-0.4, -0.2) is 136 Å². The van der Waals surface area contributed by atoms with E-state index in [2.05, 4.69) is 95.6 Å². The molecular formula is C51H32Cl3N20Na7O22S7. The Bertz CT molecular complexity index is 6670. The number of halogens is 3. The molecule has 0 saturated heterocycles. The molecule has 9 N–H and O–H groups in total. The second kappa shape index (κ2) is 39.7. The smallest absolute Gasteiger partial charge is 0.870 e. The maximum atomic E-state index is 14.5. The normalized spacial score (nSPS) is 13.0. The minimum Gasteiger partial charge on any atom is -0.870 e. The number of nitrogen functional groups attached to an aromatic ring is 1. The Kier molecular flexibility index (Phi) is 36.4. The number of rotatable bonds is 18. The van der Waals surface area contributed by atoms with Crippen LogP contribution in [0.3, 0.4) is 0 Å². The summed E-state index contributed by atoms with van der Waals surface area (Å²) in [6.07, 6.45) is 0. The maximum Gasteiger partial charge on any atom is 1.00 e. The summed E-state index contributed by atoms with van der Waals surface area (Å²) in [5.74, 6) is -1.94. The van der Waals surface area contributed by atoms with Crippen molar-refractivity contribution in [1.82, 2.24) is 44.9 Å². The van der Waals surface area contributed by atoms with Gasteiger partial charge in [0.2, 0.25) is 49.9 Å². The molecule has 7 aromatic carbocycles. The van der Waals surface area contributed by atoms with Gasteiger partial charge in [-0.15, -0.1) is 20.5 Å². The van der Waals surface area contributed by atoms with Gasteiger partial charge in [0.05, 0.1) is 69.2 Å². The van der Waals surface area contributed by atoms with Gasteiger partial charge < -0.3 is 53.4 Å². The van der Waals surface area contributed by atoms with Crippen LogP contribution >= 0.6 is 34.8 Å². The summed E-state index contributed by atoms with van der Waals surface area (Å²) in [4.78, 5) is 41.2. The van der Waals surface area contributed by atoms with E-state index < -0.39 is 194 Å². The van der Waals surface area contributed by atoms with Gasteiger partial charge in [-0.25, -0.2) is 75.5 Å². The number of anilines is 3. The van der Waals surface area contributed by atoms with E-state index in [0.717, 1.165) is 54.6 Å². The third kappa shape index (κ3) is 25.6. The molecule has 42 nitrogen and oxygen atoms in total. The van der Waals surface area contributed by atoms with Gasteiger partial charge in [0.1, 0.15) is 82.7 Å². The van der Waals surface area contributed by atoms with Gasteiger partial charge in [-0.1, -0.05) is 11.8 Å². The first-order valence-corrected chi connectivity index (χ1v) is 37.9. The molecule has 0 radical (unpaired) electrons. The molecule has 0 amide bonds. The van der Waals surface area contributed by atoms with Gasteiger partial charge in [0.15, 0.2) is 0 Å². The molecule has 0 atom stereocenters. The summed E-state index contributed by atoms with van der Waals surface area (Å²) >= 11 is 18.5. The molecule has 0 bridgehead atoms. The molecule has 110 heavy (non-hydrogen) atoms. The number of hydrogen-bond donors (Lipinski definition) is 8. The average molecular weight is 1770 g/mol. The van der Waals surface area contributed by atoms with Gasteiger partial charge in [-0.2, -0.15) is 28.4 Å². The number of azo groups is 2. The molecule has 0 unspecified atom stereocenters. The molecule has 3 heterocycles. The average Bonchev–Trinajstić information content (AvgIpc) is 0.737. The van der Waals surface area contributed by atoms with Crippen LogP contribution in [0.25, 0.3) is 10.8 Å². The zero-order chi connectivity index (χ0) is 75.4. The van der Waals surface area contributed by atoms with E-state index in [-0.39, 0.29) is 252 Å². The largest absolute Gasteiger partial charge is 1.00 e. The first-order valence-electron chi connectivity index (χ1n) is 26.9. The van der Waals surface area contributed by atoms with Crippen LogP contribution in [0.5, 0.6) is 5.75 Å². The van der Waals surface area contributed by atoms with Crippen molar-refractivity contribution in [2.24, 2.45) is 45.4 Å². The molecule has 0 fully saturated rings. The van der Waals surface area contributed by atoms with Crippen LogP contribution in [0, 0.1) is 13.8 Å². The van der Waals surface area contributed by atoms with E-state index in [1.807, 2.05) is 0 Å². The molecule has 10 aromatic rings. The molecule has 0 aliphatic heterocycles. The number of nitrogens with one attached hydrogen (secondary N) is 6. The fourth-order valence-corrected chi connectivity index (χ4v) is 13.8. The molecule has 0 spiro atoms. The number of fused-ring (bicyclic) bond motifs is 1. The van der Waals surface area contributed by atoms with Crippen molar-refractivity contribution in [2.75, 3.05) is 11.1 Å². The van der Waals surface area contributed by atoms with Gasteiger partial charge in [-0.3, -0.25) is 19.5 Å². The number of aromatic amines is 5. The number of H-pyrrole nitrogens is 5.